The van der Waals surface area contributed by atoms with Crippen molar-refractivity contribution in [2.24, 2.45) is 0 Å². The molecule has 28 heavy (non-hydrogen) atoms. The Labute approximate surface area is 164 Å². The summed E-state index contributed by atoms with van der Waals surface area (Å²) < 4.78 is 42.9. The van der Waals surface area contributed by atoms with Crippen LogP contribution < -0.4 is 4.74 Å². The standard InChI is InChI=1S/C21H22FNO4S/c1-2-11-27-20-8-6-17(7-9-20)21(24)23(19-10-12-28(25,26)15-19)14-16-4-3-5-18(22)13-16/h2-9,13,19H,1,10-12,14-15H2. The van der Waals surface area contributed by atoms with E-state index in [1.54, 1.807) is 42.5 Å². The summed E-state index contributed by atoms with van der Waals surface area (Å²) in [6.07, 6.45) is 2.00. The Bertz CT molecular complexity index is 957. The monoisotopic (exact) mass is 403 g/mol. The van der Waals surface area contributed by atoms with Crippen molar-refractivity contribution in [2.75, 3.05) is 18.1 Å². The SMILES string of the molecule is C=CCOc1ccc(C(=O)N(Cc2cccc(F)c2)C2CCS(=O)(=O)C2)cc1. The van der Waals surface area contributed by atoms with Crippen molar-refractivity contribution in [1.29, 1.82) is 0 Å². The molecule has 3 rings (SSSR count). The second-order valence-corrected chi connectivity index (χ2v) is 8.97. The summed E-state index contributed by atoms with van der Waals surface area (Å²) in [4.78, 5) is 14.7. The molecule has 1 aliphatic heterocycles. The molecule has 1 amide bonds. The first-order chi connectivity index (χ1) is 13.4. The Morgan fingerprint density at radius 2 is 2.00 bits per heavy atom. The fourth-order valence-electron chi connectivity index (χ4n) is 3.23. The Morgan fingerprint density at radius 1 is 1.25 bits per heavy atom. The second kappa shape index (κ2) is 8.56. The number of hydrogen-bond donors (Lipinski definition) is 0. The van der Waals surface area contributed by atoms with E-state index in [0.29, 0.717) is 29.9 Å². The van der Waals surface area contributed by atoms with Gasteiger partial charge in [0.15, 0.2) is 9.84 Å². The number of carbonyl (C=O) groups excluding carboxylic acids is 1. The smallest absolute Gasteiger partial charge is 0.254 e. The molecule has 5 nitrogen and oxygen atoms in total. The molecule has 1 saturated heterocycles. The van der Waals surface area contributed by atoms with E-state index in [4.69, 9.17) is 4.74 Å². The van der Waals surface area contributed by atoms with Gasteiger partial charge in [-0.15, -0.1) is 0 Å². The van der Waals surface area contributed by atoms with Gasteiger partial charge in [0.1, 0.15) is 18.2 Å². The van der Waals surface area contributed by atoms with Gasteiger partial charge in [-0.3, -0.25) is 4.79 Å². The first-order valence-corrected chi connectivity index (χ1v) is 10.8. The zero-order valence-electron chi connectivity index (χ0n) is 15.4. The molecule has 0 radical (unpaired) electrons. The van der Waals surface area contributed by atoms with Crippen LogP contribution in [0.4, 0.5) is 4.39 Å². The lowest BCUT2D eigenvalue weighted by Gasteiger charge is -2.28. The van der Waals surface area contributed by atoms with Gasteiger partial charge in [0.05, 0.1) is 11.5 Å². The molecule has 2 aromatic rings. The Morgan fingerprint density at radius 3 is 2.61 bits per heavy atom. The third-order valence-corrected chi connectivity index (χ3v) is 6.37. The maximum absolute atomic E-state index is 13.6. The van der Waals surface area contributed by atoms with Crippen LogP contribution in [0, 0.1) is 5.82 Å². The highest BCUT2D eigenvalue weighted by molar-refractivity contribution is 7.91. The Balaban J connectivity index is 1.85. The third-order valence-electron chi connectivity index (χ3n) is 4.62. The summed E-state index contributed by atoms with van der Waals surface area (Å²) >= 11 is 0. The number of carbonyl (C=O) groups is 1. The van der Waals surface area contributed by atoms with Crippen LogP contribution in [-0.2, 0) is 16.4 Å². The van der Waals surface area contributed by atoms with E-state index in [0.717, 1.165) is 0 Å². The predicted octanol–water partition coefficient (Wildman–Crippen LogP) is 3.22. The average molecular weight is 403 g/mol. The second-order valence-electron chi connectivity index (χ2n) is 6.74. The van der Waals surface area contributed by atoms with Gasteiger partial charge >= 0.3 is 0 Å². The van der Waals surface area contributed by atoms with Gasteiger partial charge in [-0.2, -0.15) is 0 Å². The van der Waals surface area contributed by atoms with E-state index in [-0.39, 0.29) is 24.0 Å². The molecule has 7 heteroatoms. The van der Waals surface area contributed by atoms with E-state index in [2.05, 4.69) is 6.58 Å². The highest BCUT2D eigenvalue weighted by Crippen LogP contribution is 2.23. The number of amides is 1. The van der Waals surface area contributed by atoms with Crippen LogP contribution in [0.25, 0.3) is 0 Å². The minimum Gasteiger partial charge on any atom is -0.490 e. The van der Waals surface area contributed by atoms with Crippen LogP contribution in [-0.4, -0.2) is 43.4 Å². The highest BCUT2D eigenvalue weighted by atomic mass is 32.2. The summed E-state index contributed by atoms with van der Waals surface area (Å²) in [6, 6.07) is 12.2. The van der Waals surface area contributed by atoms with Gasteiger partial charge in [0.2, 0.25) is 0 Å². The molecule has 2 aromatic carbocycles. The topological polar surface area (TPSA) is 63.7 Å². The van der Waals surface area contributed by atoms with E-state index in [1.165, 1.54) is 17.0 Å². The minimum absolute atomic E-state index is 0.0545. The number of sulfone groups is 1. The van der Waals surface area contributed by atoms with Crippen molar-refractivity contribution < 1.29 is 22.3 Å². The molecule has 0 spiro atoms. The molecular weight excluding hydrogens is 381 g/mol. The number of hydrogen-bond acceptors (Lipinski definition) is 4. The van der Waals surface area contributed by atoms with Crippen molar-refractivity contribution in [2.45, 2.75) is 19.0 Å². The quantitative estimate of drug-likeness (QED) is 0.666. The van der Waals surface area contributed by atoms with Crippen LogP contribution >= 0.6 is 0 Å². The molecule has 1 unspecified atom stereocenters. The molecule has 1 fully saturated rings. The van der Waals surface area contributed by atoms with Crippen LogP contribution in [0.2, 0.25) is 0 Å². The fraction of sp³-hybridized carbons (Fsp3) is 0.286. The summed E-state index contributed by atoms with van der Waals surface area (Å²) in [5, 5.41) is 0. The summed E-state index contributed by atoms with van der Waals surface area (Å²) in [5.74, 6) is -0.0982. The number of halogens is 1. The van der Waals surface area contributed by atoms with E-state index in [9.17, 15) is 17.6 Å². The van der Waals surface area contributed by atoms with Crippen molar-refractivity contribution in [3.8, 4) is 5.75 Å². The van der Waals surface area contributed by atoms with Crippen LogP contribution in [0.5, 0.6) is 5.75 Å². The van der Waals surface area contributed by atoms with E-state index in [1.807, 2.05) is 0 Å². The van der Waals surface area contributed by atoms with E-state index < -0.39 is 21.7 Å². The Kier molecular flexibility index (Phi) is 6.14. The largest absolute Gasteiger partial charge is 0.490 e. The van der Waals surface area contributed by atoms with Crippen LogP contribution in [0.1, 0.15) is 22.3 Å². The van der Waals surface area contributed by atoms with E-state index >= 15 is 0 Å². The lowest BCUT2D eigenvalue weighted by atomic mass is 10.1. The van der Waals surface area contributed by atoms with Crippen molar-refractivity contribution in [1.82, 2.24) is 4.90 Å². The molecule has 0 N–H and O–H groups in total. The molecule has 1 heterocycles. The van der Waals surface area contributed by atoms with Gasteiger partial charge in [0, 0.05) is 18.2 Å². The normalized spacial score (nSPS) is 17.8. The highest BCUT2D eigenvalue weighted by Gasteiger charge is 2.35. The van der Waals surface area contributed by atoms with Gasteiger partial charge in [-0.05, 0) is 48.4 Å². The molecular formula is C21H22FNO4S. The average Bonchev–Trinajstić information content (AvgIpc) is 3.04. The van der Waals surface area contributed by atoms with Gasteiger partial charge in [-0.1, -0.05) is 24.8 Å². The van der Waals surface area contributed by atoms with Gasteiger partial charge < -0.3 is 9.64 Å². The maximum Gasteiger partial charge on any atom is 0.254 e. The molecule has 0 aromatic heterocycles. The van der Waals surface area contributed by atoms with Crippen molar-refractivity contribution in [3.63, 3.8) is 0 Å². The van der Waals surface area contributed by atoms with Crippen molar-refractivity contribution in [3.05, 3.63) is 78.1 Å². The zero-order valence-corrected chi connectivity index (χ0v) is 16.2. The lowest BCUT2D eigenvalue weighted by molar-refractivity contribution is 0.0680. The van der Waals surface area contributed by atoms with Crippen molar-refractivity contribution >= 4 is 15.7 Å². The van der Waals surface area contributed by atoms with Gasteiger partial charge in [0.25, 0.3) is 5.91 Å². The zero-order chi connectivity index (χ0) is 20.1. The molecule has 1 aliphatic rings. The Hall–Kier alpha value is -2.67. The lowest BCUT2D eigenvalue weighted by Crippen LogP contribution is -2.40. The summed E-state index contributed by atoms with van der Waals surface area (Å²) in [7, 11) is -3.17. The molecule has 0 bridgehead atoms. The molecule has 0 saturated carbocycles. The first kappa shape index (κ1) is 20.1. The molecule has 1 atom stereocenters. The minimum atomic E-state index is -3.17. The van der Waals surface area contributed by atoms with Crippen LogP contribution in [0.3, 0.4) is 0 Å². The number of nitrogens with zero attached hydrogens (tertiary/aromatic N) is 1. The van der Waals surface area contributed by atoms with Gasteiger partial charge in [-0.25, -0.2) is 12.8 Å². The first-order valence-electron chi connectivity index (χ1n) is 8.97. The molecule has 0 aliphatic carbocycles. The number of rotatable bonds is 7. The molecule has 148 valence electrons. The number of benzene rings is 2. The summed E-state index contributed by atoms with van der Waals surface area (Å²) in [5.41, 5.74) is 1.04. The van der Waals surface area contributed by atoms with Crippen LogP contribution in [0.15, 0.2) is 61.2 Å². The fourth-order valence-corrected chi connectivity index (χ4v) is 4.97. The number of ether oxygens (including phenoxy) is 1. The third kappa shape index (κ3) is 4.98. The maximum atomic E-state index is 13.6. The predicted molar refractivity (Wildman–Crippen MR) is 105 cm³/mol. The summed E-state index contributed by atoms with van der Waals surface area (Å²) in [6.45, 7) is 4.09.